The van der Waals surface area contributed by atoms with Crippen LogP contribution in [0.25, 0.3) is 0 Å². The first-order valence-electron chi connectivity index (χ1n) is 11.0. The number of β-lactam (4-membered cyclic amide) rings is 1. The Balaban J connectivity index is 1.30. The molecule has 2 fully saturated rings. The number of hydrogen-bond donors (Lipinski definition) is 3. The fourth-order valence-electron chi connectivity index (χ4n) is 4.10. The summed E-state index contributed by atoms with van der Waals surface area (Å²) < 4.78 is 0.716. The molecule has 0 bridgehead atoms. The van der Waals surface area contributed by atoms with Crippen molar-refractivity contribution in [2.75, 3.05) is 17.2 Å². The van der Waals surface area contributed by atoms with Gasteiger partial charge in [-0.15, -0.1) is 33.3 Å². The number of thioether (sulfide) groups is 2. The normalized spacial score (nSPS) is 22.4. The highest BCUT2D eigenvalue weighted by molar-refractivity contribution is 8.01. The number of carboxylic acid groups (broad SMARTS) is 1. The van der Waals surface area contributed by atoms with Crippen molar-refractivity contribution in [3.05, 3.63) is 27.9 Å². The van der Waals surface area contributed by atoms with Crippen LogP contribution in [0.15, 0.2) is 31.7 Å². The van der Waals surface area contributed by atoms with E-state index in [0.717, 1.165) is 37.0 Å². The number of amides is 2. The molecular weight excluding hydrogens is 547 g/mol. The zero-order chi connectivity index (χ0) is 25.2. The van der Waals surface area contributed by atoms with Gasteiger partial charge in [0, 0.05) is 16.9 Å². The number of nitrogens with one attached hydrogen (secondary N) is 1. The second-order valence-corrected chi connectivity index (χ2v) is 12.2. The van der Waals surface area contributed by atoms with Gasteiger partial charge in [-0.25, -0.2) is 9.78 Å². The number of carboxylic acids is 1. The molecule has 1 saturated carbocycles. The van der Waals surface area contributed by atoms with E-state index in [1.54, 1.807) is 10.9 Å². The van der Waals surface area contributed by atoms with E-state index >= 15 is 0 Å². The van der Waals surface area contributed by atoms with Crippen LogP contribution < -0.4 is 11.1 Å². The molecule has 1 aliphatic carbocycles. The first-order valence-corrected chi connectivity index (χ1v) is 14.8. The van der Waals surface area contributed by atoms with E-state index in [9.17, 15) is 19.5 Å². The third kappa shape index (κ3) is 5.07. The molecule has 2 atom stereocenters. The maximum Gasteiger partial charge on any atom is 0.352 e. The Hall–Kier alpha value is -2.69. The lowest BCUT2D eigenvalue weighted by atomic mass is 10.0. The van der Waals surface area contributed by atoms with Crippen LogP contribution in [-0.2, 0) is 19.2 Å². The molecule has 4 N–H and O–H groups in total. The van der Waals surface area contributed by atoms with Crippen LogP contribution in [0.5, 0.6) is 0 Å². The van der Waals surface area contributed by atoms with Crippen molar-refractivity contribution in [3.63, 3.8) is 0 Å². The SMILES string of the molecule is Nc1nc(/C(=N\OC2CCCC2)C(=O)NC2C(=O)N3C(C(=O)O)=C(CSc4nncs4)CSC23)cs1. The lowest BCUT2D eigenvalue weighted by molar-refractivity contribution is -0.150. The Bertz CT molecular complexity index is 1220. The Kier molecular flexibility index (Phi) is 7.45. The number of carbonyl (C=O) groups excluding carboxylic acids is 2. The lowest BCUT2D eigenvalue weighted by Crippen LogP contribution is -2.71. The number of hydrogen-bond acceptors (Lipinski definition) is 13. The van der Waals surface area contributed by atoms with E-state index < -0.39 is 29.2 Å². The van der Waals surface area contributed by atoms with Crippen LogP contribution in [0.4, 0.5) is 5.13 Å². The van der Waals surface area contributed by atoms with Crippen LogP contribution in [0.1, 0.15) is 31.4 Å². The van der Waals surface area contributed by atoms with Crippen LogP contribution in [0.3, 0.4) is 0 Å². The minimum Gasteiger partial charge on any atom is -0.477 e. The number of nitrogens with two attached hydrogens (primary N) is 1. The molecule has 2 aromatic rings. The number of fused-ring (bicyclic) bond motifs is 1. The average molecular weight is 568 g/mol. The van der Waals surface area contributed by atoms with Crippen molar-refractivity contribution in [1.29, 1.82) is 0 Å². The summed E-state index contributed by atoms with van der Waals surface area (Å²) in [6.07, 6.45) is 3.72. The molecule has 1 saturated heterocycles. The molecule has 2 aromatic heterocycles. The average Bonchev–Trinajstić information content (AvgIpc) is 3.64. The Morgan fingerprint density at radius 1 is 1.33 bits per heavy atom. The second kappa shape index (κ2) is 10.7. The lowest BCUT2D eigenvalue weighted by Gasteiger charge is -2.49. The quantitative estimate of drug-likeness (QED) is 0.174. The van der Waals surface area contributed by atoms with Gasteiger partial charge < -0.3 is 21.0 Å². The Labute approximate surface area is 221 Å². The number of aromatic nitrogens is 3. The highest BCUT2D eigenvalue weighted by Crippen LogP contribution is 2.41. The molecule has 2 aliphatic heterocycles. The molecule has 5 rings (SSSR count). The highest BCUT2D eigenvalue weighted by Gasteiger charge is 2.54. The maximum absolute atomic E-state index is 13.2. The number of rotatable bonds is 9. The molecule has 2 unspecified atom stereocenters. The van der Waals surface area contributed by atoms with E-state index in [1.807, 2.05) is 0 Å². The standard InChI is InChI=1S/C20H21N7O5S4/c21-19-23-11(7-34-19)12(26-32-10-3-1-2-4-10)15(28)24-13-16(29)27-14(18(30)31)9(5-33-17(13)27)6-35-20-25-22-8-36-20/h7-8,10,13,17H,1-6H2,(H2,21,23)(H,24,28)(H,30,31)/b26-12+. The summed E-state index contributed by atoms with van der Waals surface area (Å²) in [4.78, 5) is 49.2. The van der Waals surface area contributed by atoms with E-state index in [2.05, 4.69) is 25.7 Å². The van der Waals surface area contributed by atoms with Gasteiger partial charge in [-0.05, 0) is 31.3 Å². The van der Waals surface area contributed by atoms with Gasteiger partial charge in [-0.1, -0.05) is 28.3 Å². The van der Waals surface area contributed by atoms with Gasteiger partial charge in [-0.3, -0.25) is 14.5 Å². The molecule has 2 amide bonds. The first-order chi connectivity index (χ1) is 17.4. The van der Waals surface area contributed by atoms with Gasteiger partial charge >= 0.3 is 5.97 Å². The highest BCUT2D eigenvalue weighted by atomic mass is 32.2. The van der Waals surface area contributed by atoms with Crippen LogP contribution in [0.2, 0.25) is 0 Å². The summed E-state index contributed by atoms with van der Waals surface area (Å²) in [7, 11) is 0. The van der Waals surface area contributed by atoms with Gasteiger partial charge in [0.05, 0.1) is 0 Å². The Morgan fingerprint density at radius 2 is 2.14 bits per heavy atom. The number of carbonyl (C=O) groups is 3. The number of thiazole rings is 1. The predicted octanol–water partition coefficient (Wildman–Crippen LogP) is 1.77. The zero-order valence-corrected chi connectivity index (χ0v) is 21.9. The fraction of sp³-hybridized carbons (Fsp3) is 0.450. The fourth-order valence-corrected chi connectivity index (χ4v) is 7.62. The van der Waals surface area contributed by atoms with Crippen LogP contribution in [0, 0.1) is 0 Å². The van der Waals surface area contributed by atoms with Gasteiger partial charge in [0.1, 0.15) is 34.4 Å². The Morgan fingerprint density at radius 3 is 2.81 bits per heavy atom. The molecule has 16 heteroatoms. The minimum absolute atomic E-state index is 0.0444. The van der Waals surface area contributed by atoms with E-state index in [0.29, 0.717) is 21.4 Å². The summed E-state index contributed by atoms with van der Waals surface area (Å²) in [6, 6.07) is -0.901. The number of aliphatic carboxylic acids is 1. The second-order valence-electron chi connectivity index (χ2n) is 8.13. The molecule has 0 spiro atoms. The molecule has 190 valence electrons. The van der Waals surface area contributed by atoms with E-state index in [-0.39, 0.29) is 28.3 Å². The summed E-state index contributed by atoms with van der Waals surface area (Å²) >= 11 is 5.29. The first kappa shape index (κ1) is 25.0. The van der Waals surface area contributed by atoms with Crippen molar-refractivity contribution in [2.24, 2.45) is 5.16 Å². The largest absolute Gasteiger partial charge is 0.477 e. The molecular formula is C20H21N7O5S4. The summed E-state index contributed by atoms with van der Waals surface area (Å²) in [6.45, 7) is 0. The number of nitrogen functional groups attached to an aromatic ring is 1. The number of oxime groups is 1. The summed E-state index contributed by atoms with van der Waals surface area (Å²) in [5.74, 6) is -1.53. The van der Waals surface area contributed by atoms with Gasteiger partial charge in [0.15, 0.2) is 15.2 Å². The zero-order valence-electron chi connectivity index (χ0n) is 18.7. The molecule has 0 radical (unpaired) electrons. The molecule has 3 aliphatic rings. The number of nitrogens with zero attached hydrogens (tertiary/aromatic N) is 5. The minimum atomic E-state index is -1.18. The van der Waals surface area contributed by atoms with Crippen molar-refractivity contribution in [3.8, 4) is 0 Å². The van der Waals surface area contributed by atoms with Crippen LogP contribution in [-0.4, -0.2) is 77.7 Å². The van der Waals surface area contributed by atoms with Crippen molar-refractivity contribution < 1.29 is 24.3 Å². The van der Waals surface area contributed by atoms with Crippen molar-refractivity contribution >= 4 is 74.8 Å². The smallest absolute Gasteiger partial charge is 0.352 e. The molecule has 0 aromatic carbocycles. The van der Waals surface area contributed by atoms with E-state index in [4.69, 9.17) is 10.6 Å². The molecule has 36 heavy (non-hydrogen) atoms. The van der Waals surface area contributed by atoms with Crippen LogP contribution >= 0.6 is 46.2 Å². The third-order valence-electron chi connectivity index (χ3n) is 5.82. The van der Waals surface area contributed by atoms with Gasteiger partial charge in [-0.2, -0.15) is 0 Å². The monoisotopic (exact) mass is 567 g/mol. The molecule has 12 nitrogen and oxygen atoms in total. The van der Waals surface area contributed by atoms with Crippen molar-refractivity contribution in [1.82, 2.24) is 25.4 Å². The summed E-state index contributed by atoms with van der Waals surface area (Å²) in [5.41, 5.74) is 8.11. The maximum atomic E-state index is 13.2. The van der Waals surface area contributed by atoms with Gasteiger partial charge in [0.2, 0.25) is 0 Å². The van der Waals surface area contributed by atoms with Gasteiger partial charge in [0.25, 0.3) is 11.8 Å². The molecule has 4 heterocycles. The topological polar surface area (TPSA) is 173 Å². The van der Waals surface area contributed by atoms with Crippen molar-refractivity contribution in [2.45, 2.75) is 47.5 Å². The number of anilines is 1. The predicted molar refractivity (Wildman–Crippen MR) is 137 cm³/mol. The van der Waals surface area contributed by atoms with E-state index in [1.165, 1.54) is 39.8 Å². The summed E-state index contributed by atoms with van der Waals surface area (Å²) in [5, 5.41) is 25.7. The third-order valence-corrected chi connectivity index (χ3v) is 9.78.